The molecule has 1 unspecified atom stereocenters. The van der Waals surface area contributed by atoms with Gasteiger partial charge in [0, 0.05) is 0 Å². The van der Waals surface area contributed by atoms with E-state index in [0.717, 1.165) is 25.3 Å². The number of unbranched alkanes of at least 4 members (excludes halogenated alkanes) is 1. The van der Waals surface area contributed by atoms with Crippen molar-refractivity contribution in [3.05, 3.63) is 0 Å². The van der Waals surface area contributed by atoms with Crippen molar-refractivity contribution in [2.45, 2.75) is 79.2 Å². The topological polar surface area (TPSA) is 69.1 Å². The standard InChI is InChI=1S/C9H19NO.C7H17N/c1-7(2)5-4-6-9(10)8(3)11;1-7(2)5-3-4-6-8/h7,9H,4-6,10H2,1-3H3;7H,3-6,8H2,1-2H3. The summed E-state index contributed by atoms with van der Waals surface area (Å²) in [5, 5.41) is 0. The van der Waals surface area contributed by atoms with E-state index >= 15 is 0 Å². The van der Waals surface area contributed by atoms with Crippen LogP contribution in [0.25, 0.3) is 0 Å². The Balaban J connectivity index is 0. The van der Waals surface area contributed by atoms with Gasteiger partial charge in [0.05, 0.1) is 6.04 Å². The molecule has 0 saturated carbocycles. The zero-order chi connectivity index (χ0) is 15.3. The number of carbonyl (C=O) groups excluding carboxylic acids is 1. The van der Waals surface area contributed by atoms with E-state index in [0.29, 0.717) is 5.92 Å². The summed E-state index contributed by atoms with van der Waals surface area (Å²) in [7, 11) is 0. The van der Waals surface area contributed by atoms with E-state index in [1.54, 1.807) is 6.92 Å². The highest BCUT2D eigenvalue weighted by molar-refractivity contribution is 5.80. The molecule has 0 heterocycles. The first-order valence-electron chi connectivity index (χ1n) is 7.77. The molecule has 0 fully saturated rings. The van der Waals surface area contributed by atoms with Gasteiger partial charge in [-0.3, -0.25) is 4.79 Å². The monoisotopic (exact) mass is 272 g/mol. The molecular weight excluding hydrogens is 236 g/mol. The fraction of sp³-hybridized carbons (Fsp3) is 0.938. The smallest absolute Gasteiger partial charge is 0.146 e. The molecule has 0 bridgehead atoms. The van der Waals surface area contributed by atoms with E-state index in [9.17, 15) is 4.79 Å². The average molecular weight is 272 g/mol. The summed E-state index contributed by atoms with van der Waals surface area (Å²) < 4.78 is 0. The summed E-state index contributed by atoms with van der Waals surface area (Å²) in [5.41, 5.74) is 10.9. The van der Waals surface area contributed by atoms with E-state index in [4.69, 9.17) is 11.5 Å². The number of hydrogen-bond donors (Lipinski definition) is 2. The zero-order valence-electron chi connectivity index (χ0n) is 13.7. The minimum absolute atomic E-state index is 0.105. The lowest BCUT2D eigenvalue weighted by Gasteiger charge is -2.08. The average Bonchev–Trinajstić information content (AvgIpc) is 2.29. The van der Waals surface area contributed by atoms with Crippen LogP contribution in [0.2, 0.25) is 0 Å². The maximum absolute atomic E-state index is 10.7. The Morgan fingerprint density at radius 2 is 1.37 bits per heavy atom. The molecule has 116 valence electrons. The van der Waals surface area contributed by atoms with Crippen LogP contribution in [0, 0.1) is 11.8 Å². The van der Waals surface area contributed by atoms with Crippen molar-refractivity contribution in [1.82, 2.24) is 0 Å². The molecule has 0 spiro atoms. The van der Waals surface area contributed by atoms with Crippen LogP contribution in [0.1, 0.15) is 73.1 Å². The number of hydrogen-bond acceptors (Lipinski definition) is 3. The normalized spacial score (nSPS) is 12.3. The van der Waals surface area contributed by atoms with Gasteiger partial charge in [0.2, 0.25) is 0 Å². The second-order valence-electron chi connectivity index (χ2n) is 6.22. The van der Waals surface area contributed by atoms with Gasteiger partial charge in [-0.2, -0.15) is 0 Å². The summed E-state index contributed by atoms with van der Waals surface area (Å²) in [4.78, 5) is 10.7. The SMILES string of the molecule is CC(=O)C(N)CCCC(C)C.CC(C)CCCCN. The van der Waals surface area contributed by atoms with Crippen molar-refractivity contribution in [3.63, 3.8) is 0 Å². The van der Waals surface area contributed by atoms with Gasteiger partial charge in [0.25, 0.3) is 0 Å². The number of carbonyl (C=O) groups is 1. The van der Waals surface area contributed by atoms with Crippen molar-refractivity contribution in [3.8, 4) is 0 Å². The van der Waals surface area contributed by atoms with Crippen molar-refractivity contribution >= 4 is 5.78 Å². The highest BCUT2D eigenvalue weighted by Gasteiger charge is 2.07. The van der Waals surface area contributed by atoms with Crippen molar-refractivity contribution < 1.29 is 4.79 Å². The van der Waals surface area contributed by atoms with Gasteiger partial charge < -0.3 is 11.5 Å². The lowest BCUT2D eigenvalue weighted by Crippen LogP contribution is -2.27. The van der Waals surface area contributed by atoms with Gasteiger partial charge >= 0.3 is 0 Å². The molecule has 0 amide bonds. The maximum Gasteiger partial charge on any atom is 0.146 e. The van der Waals surface area contributed by atoms with Gasteiger partial charge in [0.15, 0.2) is 0 Å². The molecule has 0 aliphatic heterocycles. The van der Waals surface area contributed by atoms with E-state index in [1.807, 2.05) is 0 Å². The second kappa shape index (κ2) is 14.0. The Kier molecular flexibility index (Phi) is 15.4. The molecule has 3 heteroatoms. The molecule has 0 aliphatic carbocycles. The van der Waals surface area contributed by atoms with E-state index in [2.05, 4.69) is 27.7 Å². The van der Waals surface area contributed by atoms with Gasteiger partial charge in [-0.1, -0.05) is 53.4 Å². The summed E-state index contributed by atoms with van der Waals surface area (Å²) >= 11 is 0. The first-order chi connectivity index (χ1) is 8.81. The molecule has 0 aliphatic rings. The quantitative estimate of drug-likeness (QED) is 0.631. The summed E-state index contributed by atoms with van der Waals surface area (Å²) in [6.45, 7) is 11.3. The second-order valence-corrected chi connectivity index (χ2v) is 6.22. The molecule has 0 saturated heterocycles. The molecule has 1 atom stereocenters. The van der Waals surface area contributed by atoms with Gasteiger partial charge in [0.1, 0.15) is 5.78 Å². The fourth-order valence-corrected chi connectivity index (χ4v) is 1.65. The molecule has 0 aromatic heterocycles. The van der Waals surface area contributed by atoms with E-state index in [-0.39, 0.29) is 11.8 Å². The lowest BCUT2D eigenvalue weighted by molar-refractivity contribution is -0.118. The van der Waals surface area contributed by atoms with Crippen LogP contribution in [0.5, 0.6) is 0 Å². The van der Waals surface area contributed by atoms with Crippen LogP contribution in [0.4, 0.5) is 0 Å². The molecule has 0 aromatic carbocycles. The molecule has 19 heavy (non-hydrogen) atoms. The molecule has 0 aromatic rings. The minimum atomic E-state index is -0.228. The van der Waals surface area contributed by atoms with Crippen molar-refractivity contribution in [1.29, 1.82) is 0 Å². The highest BCUT2D eigenvalue weighted by atomic mass is 16.1. The molecule has 3 nitrogen and oxygen atoms in total. The van der Waals surface area contributed by atoms with Crippen molar-refractivity contribution in [2.75, 3.05) is 6.54 Å². The van der Waals surface area contributed by atoms with Crippen molar-refractivity contribution in [2.24, 2.45) is 23.3 Å². The molecule has 0 radical (unpaired) electrons. The first-order valence-corrected chi connectivity index (χ1v) is 7.77. The van der Waals surface area contributed by atoms with Crippen LogP contribution >= 0.6 is 0 Å². The summed E-state index contributed by atoms with van der Waals surface area (Å²) in [6.07, 6.45) is 6.90. The number of rotatable bonds is 9. The first kappa shape index (κ1) is 20.9. The Morgan fingerprint density at radius 3 is 1.74 bits per heavy atom. The Bertz CT molecular complexity index is 203. The Labute approximate surface area is 120 Å². The largest absolute Gasteiger partial charge is 0.330 e. The van der Waals surface area contributed by atoms with E-state index in [1.165, 1.54) is 25.7 Å². The van der Waals surface area contributed by atoms with Gasteiger partial charge in [-0.25, -0.2) is 0 Å². The minimum Gasteiger partial charge on any atom is -0.330 e. The third kappa shape index (κ3) is 20.1. The Morgan fingerprint density at radius 1 is 0.895 bits per heavy atom. The van der Waals surface area contributed by atoms with Gasteiger partial charge in [-0.15, -0.1) is 0 Å². The third-order valence-corrected chi connectivity index (χ3v) is 3.05. The van der Waals surface area contributed by atoms with Gasteiger partial charge in [-0.05, 0) is 38.1 Å². The molecule has 4 N–H and O–H groups in total. The zero-order valence-corrected chi connectivity index (χ0v) is 13.7. The predicted molar refractivity (Wildman–Crippen MR) is 85.1 cm³/mol. The molecular formula is C16H36N2O. The number of Topliss-reactive ketones (excluding diaryl/α,β-unsaturated/α-hetero) is 1. The summed E-state index contributed by atoms with van der Waals surface area (Å²) in [6, 6.07) is -0.228. The van der Waals surface area contributed by atoms with Crippen LogP contribution in [0.15, 0.2) is 0 Å². The van der Waals surface area contributed by atoms with E-state index < -0.39 is 0 Å². The Hall–Kier alpha value is -0.410. The predicted octanol–water partition coefficient (Wildman–Crippen LogP) is 3.50. The maximum atomic E-state index is 10.7. The fourth-order valence-electron chi connectivity index (χ4n) is 1.65. The summed E-state index contributed by atoms with van der Waals surface area (Å²) in [5.74, 6) is 1.67. The molecule has 0 rings (SSSR count). The van der Waals surface area contributed by atoms with Crippen LogP contribution < -0.4 is 11.5 Å². The highest BCUT2D eigenvalue weighted by Crippen LogP contribution is 2.07. The van der Waals surface area contributed by atoms with Crippen LogP contribution in [0.3, 0.4) is 0 Å². The number of nitrogens with two attached hydrogens (primary N) is 2. The lowest BCUT2D eigenvalue weighted by atomic mass is 10.0. The van der Waals surface area contributed by atoms with Crippen LogP contribution in [-0.4, -0.2) is 18.4 Å². The third-order valence-electron chi connectivity index (χ3n) is 3.05. The van der Waals surface area contributed by atoms with Crippen LogP contribution in [-0.2, 0) is 4.79 Å². The number of ketones is 1.